The van der Waals surface area contributed by atoms with Gasteiger partial charge < -0.3 is 14.3 Å². The fraction of sp³-hybridized carbons (Fsp3) is 0.211. The standard InChI is InChI=1S/C19H18O4/c1-3-8-22-14-5-7-16-17(11-19(21)23-18(16)10-14)15-6-4-13(20)9-12(15)2/h4-7,9-11,20H,3,8H2,1-2H3. The van der Waals surface area contributed by atoms with Crippen molar-refractivity contribution in [2.24, 2.45) is 0 Å². The zero-order valence-corrected chi connectivity index (χ0v) is 13.1. The monoisotopic (exact) mass is 310 g/mol. The van der Waals surface area contributed by atoms with Crippen LogP contribution in [0.4, 0.5) is 0 Å². The summed E-state index contributed by atoms with van der Waals surface area (Å²) in [5, 5.41) is 10.4. The van der Waals surface area contributed by atoms with Crippen molar-refractivity contribution >= 4 is 11.0 Å². The van der Waals surface area contributed by atoms with Gasteiger partial charge in [0.25, 0.3) is 0 Å². The molecular formula is C19H18O4. The van der Waals surface area contributed by atoms with Gasteiger partial charge in [0.15, 0.2) is 0 Å². The van der Waals surface area contributed by atoms with Crippen molar-refractivity contribution in [3.8, 4) is 22.6 Å². The van der Waals surface area contributed by atoms with Gasteiger partial charge >= 0.3 is 5.63 Å². The number of aromatic hydroxyl groups is 1. The molecule has 0 saturated heterocycles. The van der Waals surface area contributed by atoms with E-state index in [0.29, 0.717) is 17.9 Å². The number of rotatable bonds is 4. The van der Waals surface area contributed by atoms with E-state index in [4.69, 9.17) is 9.15 Å². The Morgan fingerprint density at radius 2 is 1.91 bits per heavy atom. The van der Waals surface area contributed by atoms with Gasteiger partial charge in [-0.05, 0) is 48.7 Å². The third-order valence-corrected chi connectivity index (χ3v) is 3.69. The summed E-state index contributed by atoms with van der Waals surface area (Å²) in [7, 11) is 0. The molecule has 0 aliphatic heterocycles. The number of hydrogen-bond acceptors (Lipinski definition) is 4. The van der Waals surface area contributed by atoms with E-state index in [2.05, 4.69) is 0 Å². The van der Waals surface area contributed by atoms with Crippen LogP contribution in [-0.2, 0) is 0 Å². The van der Waals surface area contributed by atoms with Crippen LogP contribution in [0.2, 0.25) is 0 Å². The normalized spacial score (nSPS) is 10.9. The molecule has 3 aromatic rings. The first-order valence-electron chi connectivity index (χ1n) is 7.59. The molecule has 0 fully saturated rings. The molecule has 0 unspecified atom stereocenters. The van der Waals surface area contributed by atoms with Gasteiger partial charge in [0.1, 0.15) is 17.1 Å². The highest BCUT2D eigenvalue weighted by Crippen LogP contribution is 2.32. The van der Waals surface area contributed by atoms with E-state index in [0.717, 1.165) is 28.5 Å². The van der Waals surface area contributed by atoms with E-state index in [1.807, 2.05) is 26.0 Å². The van der Waals surface area contributed by atoms with Gasteiger partial charge in [-0.1, -0.05) is 13.0 Å². The molecule has 1 N–H and O–H groups in total. The molecule has 1 aromatic heterocycles. The Kier molecular flexibility index (Phi) is 4.06. The number of ether oxygens (including phenoxy) is 1. The maximum atomic E-state index is 11.9. The topological polar surface area (TPSA) is 59.7 Å². The Balaban J connectivity index is 2.19. The molecule has 0 atom stereocenters. The molecule has 23 heavy (non-hydrogen) atoms. The van der Waals surface area contributed by atoms with E-state index in [1.54, 1.807) is 24.3 Å². The zero-order chi connectivity index (χ0) is 16.4. The van der Waals surface area contributed by atoms with Crippen LogP contribution in [0.3, 0.4) is 0 Å². The summed E-state index contributed by atoms with van der Waals surface area (Å²) in [6, 6.07) is 12.1. The smallest absolute Gasteiger partial charge is 0.336 e. The van der Waals surface area contributed by atoms with Gasteiger partial charge in [0.05, 0.1) is 6.61 Å². The van der Waals surface area contributed by atoms with Crippen LogP contribution in [0.5, 0.6) is 11.5 Å². The largest absolute Gasteiger partial charge is 0.508 e. The van der Waals surface area contributed by atoms with Crippen LogP contribution < -0.4 is 10.4 Å². The van der Waals surface area contributed by atoms with E-state index >= 15 is 0 Å². The zero-order valence-electron chi connectivity index (χ0n) is 13.1. The van der Waals surface area contributed by atoms with E-state index in [9.17, 15) is 9.90 Å². The molecule has 118 valence electrons. The van der Waals surface area contributed by atoms with Gasteiger partial charge in [0.2, 0.25) is 0 Å². The molecule has 0 radical (unpaired) electrons. The van der Waals surface area contributed by atoms with Crippen LogP contribution >= 0.6 is 0 Å². The molecule has 4 nitrogen and oxygen atoms in total. The summed E-state index contributed by atoms with van der Waals surface area (Å²) in [4.78, 5) is 11.9. The average molecular weight is 310 g/mol. The first-order valence-corrected chi connectivity index (χ1v) is 7.59. The van der Waals surface area contributed by atoms with Crippen molar-refractivity contribution < 1.29 is 14.3 Å². The Labute approximate surface area is 134 Å². The average Bonchev–Trinajstić information content (AvgIpc) is 2.52. The molecule has 0 bridgehead atoms. The predicted molar refractivity (Wildman–Crippen MR) is 90.1 cm³/mol. The van der Waals surface area contributed by atoms with Crippen molar-refractivity contribution in [2.45, 2.75) is 20.3 Å². The van der Waals surface area contributed by atoms with Gasteiger partial charge in [-0.3, -0.25) is 0 Å². The number of benzene rings is 2. The van der Waals surface area contributed by atoms with Gasteiger partial charge in [-0.25, -0.2) is 4.79 Å². The molecule has 0 amide bonds. The fourth-order valence-electron chi connectivity index (χ4n) is 2.63. The highest BCUT2D eigenvalue weighted by molar-refractivity contribution is 5.94. The second-order valence-electron chi connectivity index (χ2n) is 5.48. The van der Waals surface area contributed by atoms with Gasteiger partial charge in [-0.2, -0.15) is 0 Å². The summed E-state index contributed by atoms with van der Waals surface area (Å²) >= 11 is 0. The number of aryl methyl sites for hydroxylation is 1. The number of phenols is 1. The molecule has 2 aromatic carbocycles. The minimum absolute atomic E-state index is 0.203. The highest BCUT2D eigenvalue weighted by atomic mass is 16.5. The van der Waals surface area contributed by atoms with Crippen molar-refractivity contribution in [1.29, 1.82) is 0 Å². The van der Waals surface area contributed by atoms with E-state index in [-0.39, 0.29) is 5.75 Å². The lowest BCUT2D eigenvalue weighted by atomic mass is 9.97. The van der Waals surface area contributed by atoms with Gasteiger partial charge in [0, 0.05) is 23.1 Å². The molecular weight excluding hydrogens is 292 g/mol. The SMILES string of the molecule is CCCOc1ccc2c(-c3ccc(O)cc3C)cc(=O)oc2c1. The molecule has 0 aliphatic rings. The Bertz CT molecular complexity index is 909. The summed E-state index contributed by atoms with van der Waals surface area (Å²) < 4.78 is 10.9. The molecule has 4 heteroatoms. The first-order chi connectivity index (χ1) is 11.1. The fourth-order valence-corrected chi connectivity index (χ4v) is 2.63. The number of fused-ring (bicyclic) bond motifs is 1. The second kappa shape index (κ2) is 6.16. The van der Waals surface area contributed by atoms with Crippen molar-refractivity contribution in [1.82, 2.24) is 0 Å². The molecule has 0 aliphatic carbocycles. The summed E-state index contributed by atoms with van der Waals surface area (Å²) in [5.41, 5.74) is 2.66. The summed E-state index contributed by atoms with van der Waals surface area (Å²) in [6.45, 7) is 4.55. The molecule has 0 spiro atoms. The number of hydrogen-bond donors (Lipinski definition) is 1. The van der Waals surface area contributed by atoms with E-state index < -0.39 is 5.63 Å². The predicted octanol–water partition coefficient (Wildman–Crippen LogP) is 4.26. The molecule has 1 heterocycles. The minimum atomic E-state index is -0.410. The van der Waals surface area contributed by atoms with Gasteiger partial charge in [-0.15, -0.1) is 0 Å². The Morgan fingerprint density at radius 1 is 1.09 bits per heavy atom. The van der Waals surface area contributed by atoms with Crippen LogP contribution in [0.25, 0.3) is 22.1 Å². The van der Waals surface area contributed by atoms with Crippen LogP contribution in [0, 0.1) is 6.92 Å². The number of phenolic OH excluding ortho intramolecular Hbond substituents is 1. The van der Waals surface area contributed by atoms with Crippen LogP contribution in [0.1, 0.15) is 18.9 Å². The van der Waals surface area contributed by atoms with Crippen molar-refractivity contribution in [3.05, 3.63) is 58.4 Å². The minimum Gasteiger partial charge on any atom is -0.508 e. The lowest BCUT2D eigenvalue weighted by Gasteiger charge is -2.10. The second-order valence-corrected chi connectivity index (χ2v) is 5.48. The summed E-state index contributed by atoms with van der Waals surface area (Å²) in [6.07, 6.45) is 0.911. The molecule has 3 rings (SSSR count). The van der Waals surface area contributed by atoms with Crippen LogP contribution in [0.15, 0.2) is 51.7 Å². The van der Waals surface area contributed by atoms with E-state index in [1.165, 1.54) is 6.07 Å². The lowest BCUT2D eigenvalue weighted by Crippen LogP contribution is -2.00. The maximum absolute atomic E-state index is 11.9. The quantitative estimate of drug-likeness (QED) is 0.731. The third kappa shape index (κ3) is 3.06. The molecule has 0 saturated carbocycles. The highest BCUT2D eigenvalue weighted by Gasteiger charge is 2.11. The first kappa shape index (κ1) is 15.2. The van der Waals surface area contributed by atoms with Crippen LogP contribution in [-0.4, -0.2) is 11.7 Å². The third-order valence-electron chi connectivity index (χ3n) is 3.69. The van der Waals surface area contributed by atoms with Crippen molar-refractivity contribution in [2.75, 3.05) is 6.61 Å². The van der Waals surface area contributed by atoms with Crippen molar-refractivity contribution in [3.63, 3.8) is 0 Å². The lowest BCUT2D eigenvalue weighted by molar-refractivity contribution is 0.317. The Morgan fingerprint density at radius 3 is 2.65 bits per heavy atom. The summed E-state index contributed by atoms with van der Waals surface area (Å²) in [5.74, 6) is 0.885. The Hall–Kier alpha value is -2.75. The maximum Gasteiger partial charge on any atom is 0.336 e.